The van der Waals surface area contributed by atoms with Gasteiger partial charge in [0.25, 0.3) is 5.91 Å². The topological polar surface area (TPSA) is 76.0 Å². The molecule has 156 valence electrons. The molecule has 8 heteroatoms. The van der Waals surface area contributed by atoms with Crippen LogP contribution in [0.2, 0.25) is 10.0 Å². The maximum absolute atomic E-state index is 12.8. The predicted octanol–water partition coefficient (Wildman–Crippen LogP) is 3.74. The number of hydrogen-bond donors (Lipinski definition) is 2. The molecule has 2 aromatic carbocycles. The molecule has 2 N–H and O–H groups in total. The minimum absolute atomic E-state index is 0.234. The van der Waals surface area contributed by atoms with E-state index in [0.717, 1.165) is 12.0 Å². The summed E-state index contributed by atoms with van der Waals surface area (Å²) in [5.41, 5.74) is 1.21. The second-order valence-electron chi connectivity index (χ2n) is 6.75. The van der Waals surface area contributed by atoms with Crippen molar-refractivity contribution in [2.75, 3.05) is 6.54 Å². The van der Waals surface area contributed by atoms with Crippen molar-refractivity contribution in [2.24, 2.45) is 0 Å². The van der Waals surface area contributed by atoms with E-state index in [4.69, 9.17) is 23.2 Å². The minimum atomic E-state index is -0.739. The molecule has 0 aliphatic rings. The van der Waals surface area contributed by atoms with Crippen LogP contribution in [0.3, 0.4) is 0 Å². The Kier molecular flexibility index (Phi) is 7.88. The van der Waals surface area contributed by atoms with Crippen LogP contribution in [0.25, 0.3) is 0 Å². The van der Waals surface area contributed by atoms with Gasteiger partial charge in [-0.3, -0.25) is 14.3 Å². The maximum Gasteiger partial charge on any atom is 0.253 e. The first-order chi connectivity index (χ1) is 14.5. The van der Waals surface area contributed by atoms with Gasteiger partial charge in [-0.25, -0.2) is 0 Å². The van der Waals surface area contributed by atoms with Crippen molar-refractivity contribution in [2.45, 2.75) is 25.4 Å². The monoisotopic (exact) mass is 444 g/mol. The van der Waals surface area contributed by atoms with E-state index in [0.29, 0.717) is 24.5 Å². The Hall–Kier alpha value is -2.83. The van der Waals surface area contributed by atoms with Crippen molar-refractivity contribution in [3.8, 4) is 0 Å². The fraction of sp³-hybridized carbons (Fsp3) is 0.227. The van der Waals surface area contributed by atoms with Crippen molar-refractivity contribution < 1.29 is 9.59 Å². The summed E-state index contributed by atoms with van der Waals surface area (Å²) in [6.07, 6.45) is 4.67. The number of aryl methyl sites for hydroxylation is 1. The Morgan fingerprint density at radius 3 is 2.57 bits per heavy atom. The molecule has 0 saturated heterocycles. The summed E-state index contributed by atoms with van der Waals surface area (Å²) >= 11 is 12.1. The quantitative estimate of drug-likeness (QED) is 0.493. The first-order valence-corrected chi connectivity index (χ1v) is 10.3. The largest absolute Gasteiger partial charge is 0.354 e. The second-order valence-corrected chi connectivity index (χ2v) is 7.60. The van der Waals surface area contributed by atoms with Crippen LogP contribution in [-0.2, 0) is 17.8 Å². The lowest BCUT2D eigenvalue weighted by molar-refractivity contribution is -0.122. The van der Waals surface area contributed by atoms with Gasteiger partial charge in [-0.1, -0.05) is 53.5 Å². The van der Waals surface area contributed by atoms with E-state index in [1.807, 2.05) is 42.6 Å². The van der Waals surface area contributed by atoms with Crippen LogP contribution in [0.1, 0.15) is 22.3 Å². The van der Waals surface area contributed by atoms with Crippen LogP contribution < -0.4 is 10.6 Å². The molecule has 0 bridgehead atoms. The van der Waals surface area contributed by atoms with Crippen LogP contribution in [0.5, 0.6) is 0 Å². The molecule has 0 unspecified atom stereocenters. The first kappa shape index (κ1) is 21.9. The van der Waals surface area contributed by atoms with Gasteiger partial charge >= 0.3 is 0 Å². The Morgan fingerprint density at radius 2 is 1.87 bits per heavy atom. The molecule has 2 amide bonds. The van der Waals surface area contributed by atoms with Gasteiger partial charge in [0.05, 0.1) is 10.6 Å². The van der Waals surface area contributed by atoms with Gasteiger partial charge in [0, 0.05) is 36.9 Å². The van der Waals surface area contributed by atoms with E-state index < -0.39 is 11.9 Å². The number of nitrogens with zero attached hydrogens (tertiary/aromatic N) is 2. The van der Waals surface area contributed by atoms with E-state index in [9.17, 15) is 9.59 Å². The molecular formula is C22H22Cl2N4O2. The zero-order chi connectivity index (χ0) is 21.3. The van der Waals surface area contributed by atoms with Gasteiger partial charge in [-0.2, -0.15) is 5.10 Å². The van der Waals surface area contributed by atoms with Gasteiger partial charge in [0.2, 0.25) is 5.91 Å². The van der Waals surface area contributed by atoms with Gasteiger partial charge in [-0.05, 0) is 36.2 Å². The van der Waals surface area contributed by atoms with Crippen molar-refractivity contribution in [3.05, 3.63) is 88.2 Å². The van der Waals surface area contributed by atoms with Gasteiger partial charge in [0.15, 0.2) is 0 Å². The number of carbonyl (C=O) groups excluding carboxylic acids is 2. The molecule has 0 radical (unpaired) electrons. The number of carbonyl (C=O) groups is 2. The fourth-order valence-electron chi connectivity index (χ4n) is 2.98. The molecule has 1 atom stereocenters. The number of nitrogens with one attached hydrogen (secondary N) is 2. The highest BCUT2D eigenvalue weighted by Crippen LogP contribution is 2.21. The van der Waals surface area contributed by atoms with Crippen LogP contribution in [0.4, 0.5) is 0 Å². The Balaban J connectivity index is 1.64. The highest BCUT2D eigenvalue weighted by molar-refractivity contribution is 6.36. The Labute approximate surface area is 185 Å². The molecule has 3 aromatic rings. The van der Waals surface area contributed by atoms with E-state index in [2.05, 4.69) is 15.7 Å². The third kappa shape index (κ3) is 6.34. The minimum Gasteiger partial charge on any atom is -0.354 e. The molecule has 0 fully saturated rings. The summed E-state index contributed by atoms with van der Waals surface area (Å²) in [5.74, 6) is -0.679. The number of amides is 2. The summed E-state index contributed by atoms with van der Waals surface area (Å²) in [6, 6.07) is 15.3. The van der Waals surface area contributed by atoms with Gasteiger partial charge in [0.1, 0.15) is 6.04 Å². The van der Waals surface area contributed by atoms with Crippen LogP contribution in [0.15, 0.2) is 67.0 Å². The van der Waals surface area contributed by atoms with E-state index >= 15 is 0 Å². The first-order valence-electron chi connectivity index (χ1n) is 9.58. The van der Waals surface area contributed by atoms with Gasteiger partial charge in [-0.15, -0.1) is 0 Å². The highest BCUT2D eigenvalue weighted by Gasteiger charge is 2.22. The lowest BCUT2D eigenvalue weighted by Crippen LogP contribution is -2.48. The lowest BCUT2D eigenvalue weighted by Gasteiger charge is -2.19. The molecule has 30 heavy (non-hydrogen) atoms. The number of aromatic nitrogens is 2. The van der Waals surface area contributed by atoms with E-state index in [1.54, 1.807) is 23.0 Å². The van der Waals surface area contributed by atoms with Crippen LogP contribution in [0, 0.1) is 0 Å². The average molecular weight is 445 g/mol. The summed E-state index contributed by atoms with van der Waals surface area (Å²) < 4.78 is 1.80. The average Bonchev–Trinajstić information content (AvgIpc) is 3.25. The molecule has 0 aliphatic carbocycles. The summed E-state index contributed by atoms with van der Waals surface area (Å²) in [5, 5.41) is 10.5. The third-order valence-electron chi connectivity index (χ3n) is 4.50. The van der Waals surface area contributed by atoms with Gasteiger partial charge < -0.3 is 10.6 Å². The van der Waals surface area contributed by atoms with Crippen molar-refractivity contribution >= 4 is 35.0 Å². The van der Waals surface area contributed by atoms with Crippen molar-refractivity contribution in [1.82, 2.24) is 20.4 Å². The third-order valence-corrected chi connectivity index (χ3v) is 5.05. The Morgan fingerprint density at radius 1 is 1.07 bits per heavy atom. The zero-order valence-corrected chi connectivity index (χ0v) is 17.7. The zero-order valence-electron chi connectivity index (χ0n) is 16.2. The normalized spacial score (nSPS) is 11.7. The summed E-state index contributed by atoms with van der Waals surface area (Å²) in [7, 11) is 0. The smallest absolute Gasteiger partial charge is 0.253 e. The standard InChI is InChI=1S/C22H22Cl2N4O2/c23-17-8-9-18(19(24)15-17)21(29)27-20(14-16-6-2-1-3-7-16)22(30)25-10-4-12-28-13-5-11-26-28/h1-3,5-9,11,13,15,20H,4,10,12,14H2,(H,25,30)(H,27,29)/t20-/m1/s1. The maximum atomic E-state index is 12.8. The Bertz CT molecular complexity index is 978. The van der Waals surface area contributed by atoms with Crippen LogP contribution >= 0.6 is 23.2 Å². The number of benzene rings is 2. The lowest BCUT2D eigenvalue weighted by atomic mass is 10.0. The van der Waals surface area contributed by atoms with Crippen molar-refractivity contribution in [3.63, 3.8) is 0 Å². The highest BCUT2D eigenvalue weighted by atomic mass is 35.5. The molecule has 0 aliphatic heterocycles. The molecule has 3 rings (SSSR count). The summed E-state index contributed by atoms with van der Waals surface area (Å²) in [4.78, 5) is 25.5. The number of hydrogen-bond acceptors (Lipinski definition) is 3. The number of rotatable bonds is 9. The molecule has 0 saturated carbocycles. The SMILES string of the molecule is O=C(N[C@H](Cc1ccccc1)C(=O)NCCCn1cccn1)c1ccc(Cl)cc1Cl. The molecule has 0 spiro atoms. The fourth-order valence-corrected chi connectivity index (χ4v) is 3.47. The number of halogens is 2. The molecular weight excluding hydrogens is 423 g/mol. The second kappa shape index (κ2) is 10.8. The molecule has 1 aromatic heterocycles. The summed E-state index contributed by atoms with van der Waals surface area (Å²) in [6.45, 7) is 1.17. The molecule has 6 nitrogen and oxygen atoms in total. The van der Waals surface area contributed by atoms with E-state index in [1.165, 1.54) is 6.07 Å². The van der Waals surface area contributed by atoms with E-state index in [-0.39, 0.29) is 16.5 Å². The molecule has 1 heterocycles. The van der Waals surface area contributed by atoms with Crippen LogP contribution in [-0.4, -0.2) is 34.2 Å². The predicted molar refractivity (Wildman–Crippen MR) is 118 cm³/mol. The van der Waals surface area contributed by atoms with Crippen molar-refractivity contribution in [1.29, 1.82) is 0 Å².